The zero-order valence-electron chi connectivity index (χ0n) is 11.0. The number of ether oxygens (including phenoxy) is 2. The summed E-state index contributed by atoms with van der Waals surface area (Å²) >= 11 is 0. The Labute approximate surface area is 112 Å². The van der Waals surface area contributed by atoms with Crippen LogP contribution < -0.4 is 9.47 Å². The summed E-state index contributed by atoms with van der Waals surface area (Å²) in [5.74, 6) is 1.29. The van der Waals surface area contributed by atoms with Gasteiger partial charge >= 0.3 is 0 Å². The number of aryl methyl sites for hydroxylation is 1. The molecule has 19 heavy (non-hydrogen) atoms. The van der Waals surface area contributed by atoms with Crippen LogP contribution in [0.4, 0.5) is 0 Å². The molecule has 0 unspecified atom stereocenters. The smallest absolute Gasteiger partial charge is 0.157 e. The van der Waals surface area contributed by atoms with E-state index in [-0.39, 0.29) is 0 Å². The summed E-state index contributed by atoms with van der Waals surface area (Å²) in [6, 6.07) is 7.47. The fraction of sp³-hybridized carbons (Fsp3) is 0.286. The SMILES string of the molecule is CCn1cc(OCc2ccc(C#N)c(OC)c2)cn1. The summed E-state index contributed by atoms with van der Waals surface area (Å²) < 4.78 is 12.6. The Hall–Kier alpha value is -2.48. The number of benzene rings is 1. The lowest BCUT2D eigenvalue weighted by Crippen LogP contribution is -1.97. The van der Waals surface area contributed by atoms with Gasteiger partial charge in [-0.1, -0.05) is 6.07 Å². The first-order valence-electron chi connectivity index (χ1n) is 5.99. The van der Waals surface area contributed by atoms with Crippen molar-refractivity contribution in [3.63, 3.8) is 0 Å². The van der Waals surface area contributed by atoms with Crippen molar-refractivity contribution < 1.29 is 9.47 Å². The summed E-state index contributed by atoms with van der Waals surface area (Å²) in [7, 11) is 1.55. The number of nitrogens with zero attached hydrogens (tertiary/aromatic N) is 3. The van der Waals surface area contributed by atoms with Gasteiger partial charge in [0, 0.05) is 6.54 Å². The zero-order chi connectivity index (χ0) is 13.7. The van der Waals surface area contributed by atoms with Gasteiger partial charge in [0.2, 0.25) is 0 Å². The lowest BCUT2D eigenvalue weighted by molar-refractivity contribution is 0.304. The average Bonchev–Trinajstić information content (AvgIpc) is 2.92. The maximum Gasteiger partial charge on any atom is 0.157 e. The Morgan fingerprint density at radius 2 is 2.26 bits per heavy atom. The molecule has 0 fully saturated rings. The van der Waals surface area contributed by atoms with Crippen molar-refractivity contribution in [1.29, 1.82) is 5.26 Å². The second-order valence-electron chi connectivity index (χ2n) is 3.97. The average molecular weight is 257 g/mol. The third-order valence-corrected chi connectivity index (χ3v) is 2.73. The van der Waals surface area contributed by atoms with E-state index < -0.39 is 0 Å². The first kappa shape index (κ1) is 13.0. The van der Waals surface area contributed by atoms with E-state index in [2.05, 4.69) is 11.2 Å². The summed E-state index contributed by atoms with van der Waals surface area (Å²) in [5, 5.41) is 13.0. The molecule has 1 aromatic carbocycles. The van der Waals surface area contributed by atoms with Crippen molar-refractivity contribution in [2.24, 2.45) is 0 Å². The maximum absolute atomic E-state index is 8.91. The van der Waals surface area contributed by atoms with Crippen molar-refractivity contribution in [1.82, 2.24) is 9.78 Å². The fourth-order valence-electron chi connectivity index (χ4n) is 1.68. The molecule has 0 aliphatic rings. The first-order valence-corrected chi connectivity index (χ1v) is 5.99. The van der Waals surface area contributed by atoms with E-state index in [1.807, 2.05) is 25.3 Å². The van der Waals surface area contributed by atoms with Gasteiger partial charge in [-0.25, -0.2) is 0 Å². The minimum Gasteiger partial charge on any atom is -0.495 e. The van der Waals surface area contributed by atoms with Crippen molar-refractivity contribution >= 4 is 0 Å². The van der Waals surface area contributed by atoms with Crippen LogP contribution in [0.1, 0.15) is 18.1 Å². The summed E-state index contributed by atoms with van der Waals surface area (Å²) in [6.07, 6.45) is 3.53. The minimum absolute atomic E-state index is 0.414. The first-order chi connectivity index (χ1) is 9.26. The molecule has 0 amide bonds. The topological polar surface area (TPSA) is 60.1 Å². The van der Waals surface area contributed by atoms with Crippen LogP contribution in [0, 0.1) is 11.3 Å². The van der Waals surface area contributed by atoms with Gasteiger partial charge in [0.1, 0.15) is 18.4 Å². The Morgan fingerprint density at radius 3 is 2.89 bits per heavy atom. The summed E-state index contributed by atoms with van der Waals surface area (Å²) in [4.78, 5) is 0. The van der Waals surface area contributed by atoms with E-state index in [4.69, 9.17) is 14.7 Å². The maximum atomic E-state index is 8.91. The predicted octanol–water partition coefficient (Wildman–Crippen LogP) is 2.36. The Kier molecular flexibility index (Phi) is 4.04. The molecular formula is C14H15N3O2. The molecule has 1 aromatic heterocycles. The van der Waals surface area contributed by atoms with E-state index in [1.165, 1.54) is 0 Å². The van der Waals surface area contributed by atoms with E-state index >= 15 is 0 Å². The molecule has 0 saturated carbocycles. The highest BCUT2D eigenvalue weighted by Crippen LogP contribution is 2.20. The number of hydrogen-bond acceptors (Lipinski definition) is 4. The van der Waals surface area contributed by atoms with Gasteiger partial charge < -0.3 is 9.47 Å². The van der Waals surface area contributed by atoms with Crippen LogP contribution >= 0.6 is 0 Å². The molecule has 0 N–H and O–H groups in total. The molecule has 0 aliphatic heterocycles. The van der Waals surface area contributed by atoms with Crippen LogP contribution in [0.5, 0.6) is 11.5 Å². The molecule has 2 rings (SSSR count). The van der Waals surface area contributed by atoms with E-state index in [9.17, 15) is 0 Å². The van der Waals surface area contributed by atoms with Gasteiger partial charge in [0.15, 0.2) is 5.75 Å². The predicted molar refractivity (Wildman–Crippen MR) is 69.9 cm³/mol. The quantitative estimate of drug-likeness (QED) is 0.825. The molecule has 0 spiro atoms. The number of methoxy groups -OCH3 is 1. The van der Waals surface area contributed by atoms with Crippen LogP contribution in [0.25, 0.3) is 0 Å². The number of nitriles is 1. The third kappa shape index (κ3) is 3.05. The molecule has 0 bridgehead atoms. The molecule has 98 valence electrons. The highest BCUT2D eigenvalue weighted by Gasteiger charge is 2.05. The van der Waals surface area contributed by atoms with Gasteiger partial charge in [-0.3, -0.25) is 4.68 Å². The Morgan fingerprint density at radius 1 is 1.42 bits per heavy atom. The lowest BCUT2D eigenvalue weighted by Gasteiger charge is -2.07. The van der Waals surface area contributed by atoms with Gasteiger partial charge in [-0.2, -0.15) is 10.4 Å². The molecule has 5 nitrogen and oxygen atoms in total. The van der Waals surface area contributed by atoms with Crippen molar-refractivity contribution in [3.8, 4) is 17.6 Å². The Bertz CT molecular complexity index is 599. The third-order valence-electron chi connectivity index (χ3n) is 2.73. The standard InChI is InChI=1S/C14H15N3O2/c1-3-17-9-13(8-16-17)19-10-11-4-5-12(7-15)14(6-11)18-2/h4-6,8-9H,3,10H2,1-2H3. The van der Waals surface area contributed by atoms with Crippen molar-refractivity contribution in [2.75, 3.05) is 7.11 Å². The van der Waals surface area contributed by atoms with Gasteiger partial charge in [0.05, 0.1) is 25.1 Å². The number of hydrogen-bond donors (Lipinski definition) is 0. The normalized spacial score (nSPS) is 9.95. The second-order valence-corrected chi connectivity index (χ2v) is 3.97. The van der Waals surface area contributed by atoms with E-state index in [0.29, 0.717) is 17.9 Å². The van der Waals surface area contributed by atoms with Crippen LogP contribution in [0.2, 0.25) is 0 Å². The highest BCUT2D eigenvalue weighted by molar-refractivity contribution is 5.45. The molecule has 0 atom stereocenters. The molecule has 2 aromatic rings. The number of rotatable bonds is 5. The summed E-state index contributed by atoms with van der Waals surface area (Å²) in [5.41, 5.74) is 1.46. The molecule has 0 saturated heterocycles. The molecule has 0 aliphatic carbocycles. The molecular weight excluding hydrogens is 242 g/mol. The minimum atomic E-state index is 0.414. The number of aromatic nitrogens is 2. The van der Waals surface area contributed by atoms with Gasteiger partial charge in [0.25, 0.3) is 0 Å². The lowest BCUT2D eigenvalue weighted by atomic mass is 10.1. The van der Waals surface area contributed by atoms with E-state index in [0.717, 1.165) is 17.9 Å². The summed E-state index contributed by atoms with van der Waals surface area (Å²) in [6.45, 7) is 3.24. The highest BCUT2D eigenvalue weighted by atomic mass is 16.5. The van der Waals surface area contributed by atoms with Crippen LogP contribution in [-0.2, 0) is 13.2 Å². The van der Waals surface area contributed by atoms with Gasteiger partial charge in [-0.05, 0) is 24.6 Å². The molecule has 5 heteroatoms. The monoisotopic (exact) mass is 257 g/mol. The van der Waals surface area contributed by atoms with Crippen LogP contribution in [-0.4, -0.2) is 16.9 Å². The molecule has 1 heterocycles. The second kappa shape index (κ2) is 5.91. The largest absolute Gasteiger partial charge is 0.495 e. The zero-order valence-corrected chi connectivity index (χ0v) is 11.0. The van der Waals surface area contributed by atoms with E-state index in [1.54, 1.807) is 24.1 Å². The van der Waals surface area contributed by atoms with Crippen molar-refractivity contribution in [3.05, 3.63) is 41.7 Å². The fourth-order valence-corrected chi connectivity index (χ4v) is 1.68. The van der Waals surface area contributed by atoms with Crippen LogP contribution in [0.15, 0.2) is 30.6 Å². The van der Waals surface area contributed by atoms with Crippen LogP contribution in [0.3, 0.4) is 0 Å². The molecule has 0 radical (unpaired) electrons. The van der Waals surface area contributed by atoms with Crippen molar-refractivity contribution in [2.45, 2.75) is 20.1 Å². The van der Waals surface area contributed by atoms with Gasteiger partial charge in [-0.15, -0.1) is 0 Å². The Balaban J connectivity index is 2.05.